The maximum absolute atomic E-state index is 11.0. The van der Waals surface area contributed by atoms with Crippen LogP contribution in [-0.2, 0) is 6.42 Å². The van der Waals surface area contributed by atoms with E-state index in [0.717, 1.165) is 32.4 Å². The van der Waals surface area contributed by atoms with E-state index in [1.54, 1.807) is 0 Å². The highest BCUT2D eigenvalue weighted by Crippen LogP contribution is 2.33. The molecule has 3 aliphatic rings. The molecule has 3 fully saturated rings. The van der Waals surface area contributed by atoms with Crippen LogP contribution in [0.2, 0.25) is 0 Å². The second-order valence-electron chi connectivity index (χ2n) is 5.61. The average molecular weight is 260 g/mol. The van der Waals surface area contributed by atoms with Crippen molar-refractivity contribution in [3.63, 3.8) is 0 Å². The van der Waals surface area contributed by atoms with Gasteiger partial charge < -0.3 is 10.4 Å². The van der Waals surface area contributed by atoms with Gasteiger partial charge >= 0.3 is 6.09 Å². The van der Waals surface area contributed by atoms with Crippen molar-refractivity contribution in [3.8, 4) is 0 Å². The normalized spacial score (nSPS) is 33.1. The Morgan fingerprint density at radius 1 is 1.26 bits per heavy atom. The second-order valence-corrected chi connectivity index (χ2v) is 5.61. The number of piperidine rings is 3. The van der Waals surface area contributed by atoms with Crippen molar-refractivity contribution >= 4 is 6.09 Å². The minimum absolute atomic E-state index is 0.0835. The monoisotopic (exact) mass is 260 g/mol. The van der Waals surface area contributed by atoms with Crippen molar-refractivity contribution in [2.75, 3.05) is 13.1 Å². The van der Waals surface area contributed by atoms with Gasteiger partial charge in [-0.1, -0.05) is 30.3 Å². The molecule has 3 saturated heterocycles. The summed E-state index contributed by atoms with van der Waals surface area (Å²) in [4.78, 5) is 13.5. The molecule has 0 radical (unpaired) electrons. The zero-order chi connectivity index (χ0) is 13.2. The topological polar surface area (TPSA) is 52.6 Å². The molecular formula is C15H20N2O2. The molecule has 0 spiro atoms. The number of nitrogens with zero attached hydrogens (tertiary/aromatic N) is 1. The summed E-state index contributed by atoms with van der Waals surface area (Å²) >= 11 is 0. The molecule has 4 heteroatoms. The number of hydrogen-bond acceptors (Lipinski definition) is 2. The second kappa shape index (κ2) is 5.21. The van der Waals surface area contributed by atoms with Gasteiger partial charge in [0.1, 0.15) is 0 Å². The lowest BCUT2D eigenvalue weighted by Crippen LogP contribution is -2.64. The van der Waals surface area contributed by atoms with Gasteiger partial charge in [0.2, 0.25) is 0 Å². The van der Waals surface area contributed by atoms with E-state index in [9.17, 15) is 4.79 Å². The molecule has 3 heterocycles. The van der Waals surface area contributed by atoms with Gasteiger partial charge in [0.25, 0.3) is 0 Å². The Balaban J connectivity index is 1.78. The van der Waals surface area contributed by atoms with Crippen LogP contribution < -0.4 is 5.32 Å². The van der Waals surface area contributed by atoms with Crippen LogP contribution in [0.15, 0.2) is 30.3 Å². The van der Waals surface area contributed by atoms with Crippen LogP contribution in [0.3, 0.4) is 0 Å². The molecule has 0 aromatic heterocycles. The third-order valence-corrected chi connectivity index (χ3v) is 4.54. The lowest BCUT2D eigenvalue weighted by Gasteiger charge is -2.51. The number of carbonyl (C=O) groups is 1. The Morgan fingerprint density at radius 3 is 2.58 bits per heavy atom. The Bertz CT molecular complexity index is 441. The summed E-state index contributed by atoms with van der Waals surface area (Å²) in [6.07, 6.45) is 2.28. The molecule has 4 nitrogen and oxygen atoms in total. The van der Waals surface area contributed by atoms with Gasteiger partial charge in [-0.2, -0.15) is 0 Å². The zero-order valence-corrected chi connectivity index (χ0v) is 11.0. The molecule has 2 bridgehead atoms. The minimum Gasteiger partial charge on any atom is -0.465 e. The molecular weight excluding hydrogens is 240 g/mol. The maximum atomic E-state index is 11.0. The summed E-state index contributed by atoms with van der Waals surface area (Å²) in [5, 5.41) is 11.8. The number of hydrogen-bond donors (Lipinski definition) is 2. The molecule has 0 aliphatic carbocycles. The van der Waals surface area contributed by atoms with E-state index < -0.39 is 6.09 Å². The Kier molecular flexibility index (Phi) is 3.42. The highest BCUT2D eigenvalue weighted by Gasteiger charge is 2.42. The lowest BCUT2D eigenvalue weighted by atomic mass is 9.77. The summed E-state index contributed by atoms with van der Waals surface area (Å²) in [5.41, 5.74) is 1.29. The number of amides is 1. The standard InChI is InChI=1S/C15H20N2O2/c18-15(19)16-14-12-6-8-17(9-7-12)13(14)10-11-4-2-1-3-5-11/h1-5,12-14,16H,6-10H2,(H,18,19). The number of carboxylic acid groups (broad SMARTS) is 1. The van der Waals surface area contributed by atoms with Gasteiger partial charge in [-0.25, -0.2) is 4.79 Å². The molecule has 3 aliphatic heterocycles. The van der Waals surface area contributed by atoms with E-state index in [4.69, 9.17) is 5.11 Å². The SMILES string of the molecule is O=C(O)NC1C2CCN(CC2)C1Cc1ccccc1. The van der Waals surface area contributed by atoms with Crippen molar-refractivity contribution < 1.29 is 9.90 Å². The molecule has 2 atom stereocenters. The summed E-state index contributed by atoms with van der Waals surface area (Å²) in [6.45, 7) is 2.22. The Labute approximate surface area is 113 Å². The molecule has 2 N–H and O–H groups in total. The molecule has 1 amide bonds. The molecule has 19 heavy (non-hydrogen) atoms. The van der Waals surface area contributed by atoms with Gasteiger partial charge in [-0.15, -0.1) is 0 Å². The molecule has 0 saturated carbocycles. The van der Waals surface area contributed by atoms with E-state index in [2.05, 4.69) is 22.3 Å². The highest BCUT2D eigenvalue weighted by atomic mass is 16.4. The predicted molar refractivity (Wildman–Crippen MR) is 73.2 cm³/mol. The fourth-order valence-corrected chi connectivity index (χ4v) is 3.62. The van der Waals surface area contributed by atoms with E-state index in [1.807, 2.05) is 18.2 Å². The molecule has 1 aromatic carbocycles. The van der Waals surface area contributed by atoms with Gasteiger partial charge in [-0.3, -0.25) is 4.90 Å². The van der Waals surface area contributed by atoms with Crippen molar-refractivity contribution in [1.29, 1.82) is 0 Å². The minimum atomic E-state index is -0.892. The van der Waals surface area contributed by atoms with Gasteiger partial charge in [-0.05, 0) is 43.8 Å². The van der Waals surface area contributed by atoms with E-state index in [0.29, 0.717) is 12.0 Å². The first-order chi connectivity index (χ1) is 9.24. The zero-order valence-electron chi connectivity index (χ0n) is 11.0. The first-order valence-corrected chi connectivity index (χ1v) is 7.01. The third kappa shape index (κ3) is 2.59. The summed E-state index contributed by atoms with van der Waals surface area (Å²) < 4.78 is 0. The Hall–Kier alpha value is -1.55. The van der Waals surface area contributed by atoms with Crippen LogP contribution in [0.25, 0.3) is 0 Å². The molecule has 1 aromatic rings. The van der Waals surface area contributed by atoms with Gasteiger partial charge in [0.15, 0.2) is 0 Å². The van der Waals surface area contributed by atoms with Gasteiger partial charge in [0.05, 0.1) is 6.04 Å². The number of rotatable bonds is 3. The number of nitrogens with one attached hydrogen (secondary N) is 1. The van der Waals surface area contributed by atoms with Crippen LogP contribution in [-0.4, -0.2) is 41.3 Å². The summed E-state index contributed by atoms with van der Waals surface area (Å²) in [5.74, 6) is 0.509. The fourth-order valence-electron chi connectivity index (χ4n) is 3.62. The smallest absolute Gasteiger partial charge is 0.404 e. The van der Waals surface area contributed by atoms with Crippen LogP contribution in [0.1, 0.15) is 18.4 Å². The van der Waals surface area contributed by atoms with E-state index >= 15 is 0 Å². The highest BCUT2D eigenvalue weighted by molar-refractivity contribution is 5.65. The van der Waals surface area contributed by atoms with E-state index in [-0.39, 0.29) is 6.04 Å². The molecule has 4 rings (SSSR count). The maximum Gasteiger partial charge on any atom is 0.404 e. The Morgan fingerprint density at radius 2 is 1.95 bits per heavy atom. The largest absolute Gasteiger partial charge is 0.465 e. The third-order valence-electron chi connectivity index (χ3n) is 4.54. The first-order valence-electron chi connectivity index (χ1n) is 7.01. The fraction of sp³-hybridized carbons (Fsp3) is 0.533. The summed E-state index contributed by atoms with van der Waals surface area (Å²) in [7, 11) is 0. The van der Waals surface area contributed by atoms with Crippen LogP contribution in [0.4, 0.5) is 4.79 Å². The van der Waals surface area contributed by atoms with E-state index in [1.165, 1.54) is 5.56 Å². The summed E-state index contributed by atoms with van der Waals surface area (Å²) in [6, 6.07) is 10.8. The van der Waals surface area contributed by atoms with Crippen LogP contribution in [0.5, 0.6) is 0 Å². The first kappa shape index (κ1) is 12.5. The van der Waals surface area contributed by atoms with Crippen LogP contribution >= 0.6 is 0 Å². The van der Waals surface area contributed by atoms with Crippen molar-refractivity contribution in [2.45, 2.75) is 31.3 Å². The number of benzene rings is 1. The van der Waals surface area contributed by atoms with Crippen molar-refractivity contribution in [3.05, 3.63) is 35.9 Å². The average Bonchev–Trinajstić information content (AvgIpc) is 2.43. The van der Waals surface area contributed by atoms with Gasteiger partial charge in [0, 0.05) is 6.04 Å². The van der Waals surface area contributed by atoms with Crippen molar-refractivity contribution in [1.82, 2.24) is 10.2 Å². The molecule has 102 valence electrons. The van der Waals surface area contributed by atoms with Crippen molar-refractivity contribution in [2.24, 2.45) is 5.92 Å². The predicted octanol–water partition coefficient (Wildman–Crippen LogP) is 1.96. The van der Waals surface area contributed by atoms with Crippen LogP contribution in [0, 0.1) is 5.92 Å². The lowest BCUT2D eigenvalue weighted by molar-refractivity contribution is 0.0147. The number of fused-ring (bicyclic) bond motifs is 3. The quantitative estimate of drug-likeness (QED) is 0.873. The molecule has 2 unspecified atom stereocenters.